The summed E-state index contributed by atoms with van der Waals surface area (Å²) in [5.41, 5.74) is 2.24. The molecule has 6 heteroatoms. The Morgan fingerprint density at radius 1 is 1.33 bits per heavy atom. The highest BCUT2D eigenvalue weighted by Gasteiger charge is 2.31. The van der Waals surface area contributed by atoms with Gasteiger partial charge >= 0.3 is 0 Å². The van der Waals surface area contributed by atoms with E-state index in [0.717, 1.165) is 29.3 Å². The molecule has 1 atom stereocenters. The standard InChI is InChI=1S/C18H22N2O2S.ClH/c1-12-10-17(23-13(12)2)18(21)20-9-8-19-11-15(20)14-6-4-5-7-16(14)22-3;/h4-7,10,15,19H,8-9,11H2,1-3H3;1H. The molecule has 1 unspecified atom stereocenters. The van der Waals surface area contributed by atoms with Crippen LogP contribution < -0.4 is 10.1 Å². The minimum Gasteiger partial charge on any atom is -0.496 e. The van der Waals surface area contributed by atoms with Crippen molar-refractivity contribution < 1.29 is 9.53 Å². The molecule has 0 bridgehead atoms. The molecule has 1 aliphatic heterocycles. The zero-order valence-electron chi connectivity index (χ0n) is 14.2. The number of para-hydroxylation sites is 1. The molecule has 0 radical (unpaired) electrons. The van der Waals surface area contributed by atoms with Gasteiger partial charge in [0.25, 0.3) is 5.91 Å². The van der Waals surface area contributed by atoms with E-state index in [2.05, 4.69) is 19.2 Å². The van der Waals surface area contributed by atoms with Crippen molar-refractivity contribution in [1.82, 2.24) is 10.2 Å². The van der Waals surface area contributed by atoms with Gasteiger partial charge in [-0.2, -0.15) is 0 Å². The number of nitrogens with zero attached hydrogens (tertiary/aromatic N) is 1. The monoisotopic (exact) mass is 366 g/mol. The van der Waals surface area contributed by atoms with Gasteiger partial charge in [-0.05, 0) is 31.5 Å². The van der Waals surface area contributed by atoms with E-state index in [-0.39, 0.29) is 24.4 Å². The molecule has 4 nitrogen and oxygen atoms in total. The summed E-state index contributed by atoms with van der Waals surface area (Å²) < 4.78 is 5.49. The number of halogens is 1. The number of ether oxygens (including phenoxy) is 1. The summed E-state index contributed by atoms with van der Waals surface area (Å²) in [6.45, 7) is 6.39. The smallest absolute Gasteiger partial charge is 0.264 e. The van der Waals surface area contributed by atoms with E-state index in [1.165, 1.54) is 10.4 Å². The second-order valence-electron chi connectivity index (χ2n) is 5.81. The normalized spacial score (nSPS) is 17.3. The van der Waals surface area contributed by atoms with Crippen LogP contribution in [0, 0.1) is 13.8 Å². The van der Waals surface area contributed by atoms with Crippen LogP contribution in [0.1, 0.15) is 31.7 Å². The van der Waals surface area contributed by atoms with E-state index in [9.17, 15) is 4.79 Å². The lowest BCUT2D eigenvalue weighted by atomic mass is 10.0. The van der Waals surface area contributed by atoms with Gasteiger partial charge in [-0.15, -0.1) is 23.7 Å². The summed E-state index contributed by atoms with van der Waals surface area (Å²) in [6, 6.07) is 9.94. The lowest BCUT2D eigenvalue weighted by Crippen LogP contribution is -2.48. The quantitative estimate of drug-likeness (QED) is 0.902. The Balaban J connectivity index is 0.00000208. The molecule has 2 heterocycles. The summed E-state index contributed by atoms with van der Waals surface area (Å²) in [4.78, 5) is 17.0. The molecule has 1 saturated heterocycles. The number of hydrogen-bond acceptors (Lipinski definition) is 4. The molecule has 24 heavy (non-hydrogen) atoms. The van der Waals surface area contributed by atoms with Crippen molar-refractivity contribution in [1.29, 1.82) is 0 Å². The van der Waals surface area contributed by atoms with Gasteiger partial charge < -0.3 is 15.0 Å². The second-order valence-corrected chi connectivity index (χ2v) is 7.07. The van der Waals surface area contributed by atoms with E-state index in [1.54, 1.807) is 18.4 Å². The number of benzene rings is 1. The summed E-state index contributed by atoms with van der Waals surface area (Å²) in [6.07, 6.45) is 0. The number of thiophene rings is 1. The van der Waals surface area contributed by atoms with Crippen LogP contribution in [0.15, 0.2) is 30.3 Å². The number of carbonyl (C=O) groups excluding carboxylic acids is 1. The molecule has 1 aromatic heterocycles. The van der Waals surface area contributed by atoms with Gasteiger partial charge in [-0.1, -0.05) is 18.2 Å². The van der Waals surface area contributed by atoms with Crippen LogP contribution in [-0.2, 0) is 0 Å². The molecule has 1 aliphatic rings. The number of aryl methyl sites for hydroxylation is 2. The molecule has 0 spiro atoms. The minimum absolute atomic E-state index is 0. The van der Waals surface area contributed by atoms with E-state index in [1.807, 2.05) is 35.2 Å². The van der Waals surface area contributed by atoms with Gasteiger partial charge in [-0.3, -0.25) is 4.79 Å². The Kier molecular flexibility index (Phi) is 6.27. The fraction of sp³-hybridized carbons (Fsp3) is 0.389. The molecular formula is C18H23ClN2O2S. The highest BCUT2D eigenvalue weighted by molar-refractivity contribution is 7.14. The van der Waals surface area contributed by atoms with E-state index in [0.29, 0.717) is 6.54 Å². The maximum absolute atomic E-state index is 13.0. The first-order chi connectivity index (χ1) is 11.1. The summed E-state index contributed by atoms with van der Waals surface area (Å²) in [7, 11) is 1.67. The zero-order valence-corrected chi connectivity index (χ0v) is 15.8. The summed E-state index contributed by atoms with van der Waals surface area (Å²) in [5.74, 6) is 0.946. The first-order valence-corrected chi connectivity index (χ1v) is 8.65. The molecule has 1 aromatic carbocycles. The predicted octanol–water partition coefficient (Wildman–Crippen LogP) is 3.58. The van der Waals surface area contributed by atoms with Crippen LogP contribution in [0.3, 0.4) is 0 Å². The summed E-state index contributed by atoms with van der Waals surface area (Å²) in [5, 5.41) is 3.39. The lowest BCUT2D eigenvalue weighted by Gasteiger charge is -2.36. The largest absolute Gasteiger partial charge is 0.496 e. The maximum Gasteiger partial charge on any atom is 0.264 e. The first-order valence-electron chi connectivity index (χ1n) is 7.83. The highest BCUT2D eigenvalue weighted by Crippen LogP contribution is 2.32. The van der Waals surface area contributed by atoms with Crippen LogP contribution in [0.25, 0.3) is 0 Å². The molecule has 0 saturated carbocycles. The van der Waals surface area contributed by atoms with Crippen molar-refractivity contribution in [2.45, 2.75) is 19.9 Å². The van der Waals surface area contributed by atoms with Crippen LogP contribution in [0.4, 0.5) is 0 Å². The molecule has 1 amide bonds. The molecule has 1 fully saturated rings. The predicted molar refractivity (Wildman–Crippen MR) is 101 cm³/mol. The molecular weight excluding hydrogens is 344 g/mol. The number of rotatable bonds is 3. The SMILES string of the molecule is COc1ccccc1C1CNCCN1C(=O)c1cc(C)c(C)s1.Cl. The Labute approximate surface area is 153 Å². The third kappa shape index (κ3) is 3.58. The Morgan fingerprint density at radius 2 is 2.08 bits per heavy atom. The number of carbonyl (C=O) groups is 1. The van der Waals surface area contributed by atoms with E-state index >= 15 is 0 Å². The number of piperazine rings is 1. The molecule has 130 valence electrons. The van der Waals surface area contributed by atoms with Gasteiger partial charge in [0.05, 0.1) is 18.0 Å². The van der Waals surface area contributed by atoms with Crippen molar-refractivity contribution in [2.75, 3.05) is 26.7 Å². The maximum atomic E-state index is 13.0. The lowest BCUT2D eigenvalue weighted by molar-refractivity contribution is 0.0636. The van der Waals surface area contributed by atoms with Crippen molar-refractivity contribution in [3.05, 3.63) is 51.2 Å². The Bertz CT molecular complexity index is 697. The van der Waals surface area contributed by atoms with Crippen LogP contribution in [0.5, 0.6) is 5.75 Å². The fourth-order valence-electron chi connectivity index (χ4n) is 2.99. The molecule has 0 aliphatic carbocycles. The van der Waals surface area contributed by atoms with Gasteiger partial charge in [0, 0.05) is 30.1 Å². The fourth-order valence-corrected chi connectivity index (χ4v) is 3.98. The van der Waals surface area contributed by atoms with Crippen LogP contribution in [-0.4, -0.2) is 37.6 Å². The number of methoxy groups -OCH3 is 1. The van der Waals surface area contributed by atoms with Crippen molar-refractivity contribution >= 4 is 29.7 Å². The van der Waals surface area contributed by atoms with Crippen LogP contribution >= 0.6 is 23.7 Å². The van der Waals surface area contributed by atoms with Crippen LogP contribution in [0.2, 0.25) is 0 Å². The number of nitrogens with one attached hydrogen (secondary N) is 1. The minimum atomic E-state index is -0.00453. The highest BCUT2D eigenvalue weighted by atomic mass is 35.5. The number of hydrogen-bond donors (Lipinski definition) is 1. The van der Waals surface area contributed by atoms with E-state index in [4.69, 9.17) is 4.74 Å². The summed E-state index contributed by atoms with van der Waals surface area (Å²) >= 11 is 1.58. The first kappa shape index (κ1) is 18.8. The molecule has 3 rings (SSSR count). The van der Waals surface area contributed by atoms with Gasteiger partial charge in [0.1, 0.15) is 5.75 Å². The molecule has 1 N–H and O–H groups in total. The van der Waals surface area contributed by atoms with Gasteiger partial charge in [-0.25, -0.2) is 0 Å². The molecule has 2 aromatic rings. The topological polar surface area (TPSA) is 41.6 Å². The third-order valence-electron chi connectivity index (χ3n) is 4.38. The zero-order chi connectivity index (χ0) is 16.4. The third-order valence-corrected chi connectivity index (χ3v) is 5.52. The van der Waals surface area contributed by atoms with Crippen molar-refractivity contribution in [3.63, 3.8) is 0 Å². The average Bonchev–Trinajstić information content (AvgIpc) is 2.93. The number of amides is 1. The second kappa shape index (κ2) is 8.01. The Hall–Kier alpha value is -1.56. The average molecular weight is 367 g/mol. The van der Waals surface area contributed by atoms with Crippen molar-refractivity contribution in [3.8, 4) is 5.75 Å². The Morgan fingerprint density at radius 3 is 2.75 bits per heavy atom. The van der Waals surface area contributed by atoms with Gasteiger partial charge in [0.2, 0.25) is 0 Å². The van der Waals surface area contributed by atoms with Gasteiger partial charge in [0.15, 0.2) is 0 Å². The van der Waals surface area contributed by atoms with E-state index < -0.39 is 0 Å². The van der Waals surface area contributed by atoms with Crippen molar-refractivity contribution in [2.24, 2.45) is 0 Å².